The highest BCUT2D eigenvalue weighted by Crippen LogP contribution is 2.28. The second-order valence-electron chi connectivity index (χ2n) is 4.07. The predicted octanol–water partition coefficient (Wildman–Crippen LogP) is 4.36. The van der Waals surface area contributed by atoms with Gasteiger partial charge in [0.2, 0.25) is 0 Å². The number of nitrogens with zero attached hydrogens (tertiary/aromatic N) is 1. The molecule has 2 N–H and O–H groups in total. The van der Waals surface area contributed by atoms with Gasteiger partial charge in [-0.25, -0.2) is 0 Å². The zero-order chi connectivity index (χ0) is 12.8. The standard InChI is InChI=1S/C12H17BrN2O2.ClH/c1-2-3-4-5-11(14)9-6-7-10(13)12(8-9)15(16)17;/h6-8,11H,2-5,14H2,1H3;1H/t11-;/m0./s1. The molecule has 18 heavy (non-hydrogen) atoms. The summed E-state index contributed by atoms with van der Waals surface area (Å²) in [4.78, 5) is 10.4. The molecule has 6 heteroatoms. The first-order valence-corrected chi connectivity index (χ1v) is 6.55. The van der Waals surface area contributed by atoms with Crippen LogP contribution in [0.4, 0.5) is 5.69 Å². The Morgan fingerprint density at radius 2 is 2.11 bits per heavy atom. The van der Waals surface area contributed by atoms with Crippen LogP contribution in [0.1, 0.15) is 44.2 Å². The smallest absolute Gasteiger partial charge is 0.283 e. The molecule has 0 saturated carbocycles. The molecular weight excluding hydrogens is 320 g/mol. The van der Waals surface area contributed by atoms with Crippen LogP contribution in [0.3, 0.4) is 0 Å². The van der Waals surface area contributed by atoms with E-state index in [0.29, 0.717) is 4.47 Å². The third-order valence-electron chi connectivity index (χ3n) is 2.71. The van der Waals surface area contributed by atoms with Crippen LogP contribution < -0.4 is 5.73 Å². The summed E-state index contributed by atoms with van der Waals surface area (Å²) in [5.41, 5.74) is 6.92. The first kappa shape index (κ1) is 17.4. The Balaban J connectivity index is 0.00000289. The van der Waals surface area contributed by atoms with Crippen LogP contribution in [0.25, 0.3) is 0 Å². The summed E-state index contributed by atoms with van der Waals surface area (Å²) in [5.74, 6) is 0. The Morgan fingerprint density at radius 1 is 1.44 bits per heavy atom. The van der Waals surface area contributed by atoms with Crippen LogP contribution in [0.15, 0.2) is 22.7 Å². The minimum atomic E-state index is -0.396. The average Bonchev–Trinajstić information content (AvgIpc) is 2.29. The largest absolute Gasteiger partial charge is 0.324 e. The number of nitrogens with two attached hydrogens (primary N) is 1. The second kappa shape index (κ2) is 8.45. The van der Waals surface area contributed by atoms with E-state index in [1.807, 2.05) is 6.07 Å². The van der Waals surface area contributed by atoms with Gasteiger partial charge in [-0.15, -0.1) is 12.4 Å². The molecule has 0 heterocycles. The Kier molecular flexibility index (Phi) is 8.15. The molecule has 0 fully saturated rings. The van der Waals surface area contributed by atoms with E-state index in [-0.39, 0.29) is 24.1 Å². The van der Waals surface area contributed by atoms with Crippen LogP contribution in [-0.4, -0.2) is 4.92 Å². The first-order valence-electron chi connectivity index (χ1n) is 5.75. The van der Waals surface area contributed by atoms with Gasteiger partial charge in [-0.05, 0) is 34.0 Å². The summed E-state index contributed by atoms with van der Waals surface area (Å²) in [5, 5.41) is 10.8. The maximum Gasteiger partial charge on any atom is 0.283 e. The Hall–Kier alpha value is -0.650. The van der Waals surface area contributed by atoms with Crippen molar-refractivity contribution in [2.45, 2.75) is 38.6 Å². The molecule has 0 bridgehead atoms. The highest BCUT2D eigenvalue weighted by molar-refractivity contribution is 9.10. The Labute approximate surface area is 122 Å². The molecule has 0 saturated heterocycles. The molecule has 4 nitrogen and oxygen atoms in total. The van der Waals surface area contributed by atoms with Crippen LogP contribution in [0.2, 0.25) is 0 Å². The zero-order valence-electron chi connectivity index (χ0n) is 10.3. The third-order valence-corrected chi connectivity index (χ3v) is 3.38. The van der Waals surface area contributed by atoms with E-state index >= 15 is 0 Å². The lowest BCUT2D eigenvalue weighted by Gasteiger charge is -2.11. The number of halogens is 2. The molecule has 0 aliphatic rings. The summed E-state index contributed by atoms with van der Waals surface area (Å²) >= 11 is 3.16. The minimum Gasteiger partial charge on any atom is -0.324 e. The summed E-state index contributed by atoms with van der Waals surface area (Å²) in [7, 11) is 0. The van der Waals surface area contributed by atoms with Gasteiger partial charge in [0.05, 0.1) is 9.40 Å². The summed E-state index contributed by atoms with van der Waals surface area (Å²) in [6.07, 6.45) is 4.22. The summed E-state index contributed by atoms with van der Waals surface area (Å²) in [6.45, 7) is 2.13. The van der Waals surface area contributed by atoms with Crippen LogP contribution in [0.5, 0.6) is 0 Å². The second-order valence-corrected chi connectivity index (χ2v) is 4.92. The van der Waals surface area contributed by atoms with Crippen molar-refractivity contribution >= 4 is 34.0 Å². The number of benzene rings is 1. The fourth-order valence-electron chi connectivity index (χ4n) is 1.68. The van der Waals surface area contributed by atoms with Gasteiger partial charge in [-0.2, -0.15) is 0 Å². The molecule has 0 amide bonds. The van der Waals surface area contributed by atoms with Crippen molar-refractivity contribution in [2.75, 3.05) is 0 Å². The van der Waals surface area contributed by atoms with Crippen LogP contribution in [-0.2, 0) is 0 Å². The van der Waals surface area contributed by atoms with E-state index < -0.39 is 4.92 Å². The number of nitro benzene ring substituents is 1. The molecule has 1 aromatic rings. The number of hydrogen-bond donors (Lipinski definition) is 1. The molecule has 0 aliphatic carbocycles. The molecule has 102 valence electrons. The molecule has 0 spiro atoms. The lowest BCUT2D eigenvalue weighted by molar-refractivity contribution is -0.385. The highest BCUT2D eigenvalue weighted by Gasteiger charge is 2.15. The summed E-state index contributed by atoms with van der Waals surface area (Å²) < 4.78 is 0.493. The van der Waals surface area contributed by atoms with Gasteiger partial charge in [0, 0.05) is 12.1 Å². The van der Waals surface area contributed by atoms with Crippen molar-refractivity contribution in [3.05, 3.63) is 38.3 Å². The van der Waals surface area contributed by atoms with Gasteiger partial charge in [0.25, 0.3) is 5.69 Å². The monoisotopic (exact) mass is 336 g/mol. The average molecular weight is 338 g/mol. The van der Waals surface area contributed by atoms with Gasteiger partial charge in [0.1, 0.15) is 0 Å². The highest BCUT2D eigenvalue weighted by atomic mass is 79.9. The number of unbranched alkanes of at least 4 members (excludes halogenated alkanes) is 2. The van der Waals surface area contributed by atoms with Crippen molar-refractivity contribution in [1.29, 1.82) is 0 Å². The van der Waals surface area contributed by atoms with E-state index in [4.69, 9.17) is 5.73 Å². The van der Waals surface area contributed by atoms with E-state index in [1.54, 1.807) is 12.1 Å². The Morgan fingerprint density at radius 3 is 2.67 bits per heavy atom. The van der Waals surface area contributed by atoms with Crippen molar-refractivity contribution in [3.63, 3.8) is 0 Å². The fraction of sp³-hybridized carbons (Fsp3) is 0.500. The lowest BCUT2D eigenvalue weighted by atomic mass is 10.0. The normalized spacial score (nSPS) is 11.7. The first-order chi connectivity index (χ1) is 8.06. The molecular formula is C12H18BrClN2O2. The lowest BCUT2D eigenvalue weighted by Crippen LogP contribution is -2.10. The fourth-order valence-corrected chi connectivity index (χ4v) is 2.07. The van der Waals surface area contributed by atoms with Gasteiger partial charge in [-0.3, -0.25) is 10.1 Å². The predicted molar refractivity (Wildman–Crippen MR) is 79.1 cm³/mol. The molecule has 0 unspecified atom stereocenters. The van der Waals surface area contributed by atoms with Crippen LogP contribution in [0, 0.1) is 10.1 Å². The van der Waals surface area contributed by atoms with Crippen molar-refractivity contribution < 1.29 is 4.92 Å². The topological polar surface area (TPSA) is 69.2 Å². The molecule has 1 aromatic carbocycles. The van der Waals surface area contributed by atoms with Crippen molar-refractivity contribution in [1.82, 2.24) is 0 Å². The number of nitro groups is 1. The quantitative estimate of drug-likeness (QED) is 0.476. The van der Waals surface area contributed by atoms with E-state index in [2.05, 4.69) is 22.9 Å². The third kappa shape index (κ3) is 4.92. The van der Waals surface area contributed by atoms with Gasteiger partial charge in [-0.1, -0.05) is 32.3 Å². The van der Waals surface area contributed by atoms with Crippen molar-refractivity contribution in [3.8, 4) is 0 Å². The van der Waals surface area contributed by atoms with E-state index in [0.717, 1.165) is 31.2 Å². The van der Waals surface area contributed by atoms with Gasteiger partial charge >= 0.3 is 0 Å². The zero-order valence-corrected chi connectivity index (χ0v) is 12.7. The van der Waals surface area contributed by atoms with Crippen LogP contribution >= 0.6 is 28.3 Å². The number of rotatable bonds is 6. The van der Waals surface area contributed by atoms with E-state index in [1.165, 1.54) is 0 Å². The summed E-state index contributed by atoms with van der Waals surface area (Å²) in [6, 6.07) is 4.97. The van der Waals surface area contributed by atoms with Gasteiger partial charge < -0.3 is 5.73 Å². The molecule has 0 aromatic heterocycles. The molecule has 1 rings (SSSR count). The molecule has 1 atom stereocenters. The minimum absolute atomic E-state index is 0. The molecule has 0 radical (unpaired) electrons. The number of hydrogen-bond acceptors (Lipinski definition) is 3. The maximum atomic E-state index is 10.8. The van der Waals surface area contributed by atoms with Gasteiger partial charge in [0.15, 0.2) is 0 Å². The SMILES string of the molecule is CCCCC[C@H](N)c1ccc(Br)c([N+](=O)[O-])c1.Cl. The van der Waals surface area contributed by atoms with Crippen molar-refractivity contribution in [2.24, 2.45) is 5.73 Å². The van der Waals surface area contributed by atoms with E-state index in [9.17, 15) is 10.1 Å². The Bertz CT molecular complexity index is 402. The molecule has 0 aliphatic heterocycles. The maximum absolute atomic E-state index is 10.8.